The molecule has 96 valence electrons. The summed E-state index contributed by atoms with van der Waals surface area (Å²) in [5.74, 6) is 0. The fourth-order valence-electron chi connectivity index (χ4n) is 1.61. The first-order chi connectivity index (χ1) is 8.95. The summed E-state index contributed by atoms with van der Waals surface area (Å²) in [5, 5.41) is 3.34. The molecule has 1 N–H and O–H groups in total. The van der Waals surface area contributed by atoms with Gasteiger partial charge in [-0.1, -0.05) is 30.3 Å². The molecule has 0 aliphatic heterocycles. The average Bonchev–Trinajstić information content (AvgIpc) is 3.13. The van der Waals surface area contributed by atoms with E-state index in [1.807, 2.05) is 51.0 Å². The van der Waals surface area contributed by atoms with Gasteiger partial charge in [-0.3, -0.25) is 0 Å². The van der Waals surface area contributed by atoms with E-state index >= 15 is 0 Å². The van der Waals surface area contributed by atoms with E-state index in [1.165, 1.54) is 11.6 Å². The van der Waals surface area contributed by atoms with Gasteiger partial charge in [0, 0.05) is 12.6 Å². The van der Waals surface area contributed by atoms with E-state index < -0.39 is 0 Å². The molecular formula is C17H17FeN+2. The first-order valence-corrected chi connectivity index (χ1v) is 6.11. The predicted molar refractivity (Wildman–Crippen MR) is 75.2 cm³/mol. The molecule has 10 radical (unpaired) electrons. The molecule has 0 saturated heterocycles. The van der Waals surface area contributed by atoms with Crippen LogP contribution in [-0.4, -0.2) is 0 Å². The maximum absolute atomic E-state index is 3.34. The molecular weight excluding hydrogens is 274 g/mol. The Kier molecular flexibility index (Phi) is 9.24. The number of rotatable bonds is 3. The van der Waals surface area contributed by atoms with E-state index in [1.54, 1.807) is 0 Å². The molecule has 1 aromatic rings. The van der Waals surface area contributed by atoms with Crippen LogP contribution in [0.5, 0.6) is 0 Å². The quantitative estimate of drug-likeness (QED) is 0.844. The normalized spacial score (nSPS) is 18.5. The summed E-state index contributed by atoms with van der Waals surface area (Å²) in [6.45, 7) is 0.894. The van der Waals surface area contributed by atoms with E-state index in [2.05, 4.69) is 42.4 Å². The third kappa shape index (κ3) is 7.15. The van der Waals surface area contributed by atoms with E-state index in [0.717, 1.165) is 6.54 Å². The molecule has 2 aliphatic rings. The summed E-state index contributed by atoms with van der Waals surface area (Å²) < 4.78 is 0. The fraction of sp³-hybridized carbons (Fsp3) is 0.0588. The zero-order valence-corrected chi connectivity index (χ0v) is 11.7. The SMILES string of the molecule is [CH]1[CH][CH][CH][CH]1.[CH]1[CH][CH][C](NCc2ccccc2)[CH]1.[Fe+2]. The van der Waals surface area contributed by atoms with Crippen LogP contribution in [0.3, 0.4) is 0 Å². The molecule has 0 atom stereocenters. The second kappa shape index (κ2) is 10.5. The molecule has 19 heavy (non-hydrogen) atoms. The van der Waals surface area contributed by atoms with E-state index in [-0.39, 0.29) is 17.1 Å². The molecule has 0 aromatic heterocycles. The van der Waals surface area contributed by atoms with Gasteiger partial charge in [0.2, 0.25) is 0 Å². The first kappa shape index (κ1) is 16.8. The van der Waals surface area contributed by atoms with Crippen molar-refractivity contribution >= 4 is 0 Å². The Morgan fingerprint density at radius 1 is 0.684 bits per heavy atom. The molecule has 2 heteroatoms. The van der Waals surface area contributed by atoms with Gasteiger partial charge >= 0.3 is 17.1 Å². The Hall–Kier alpha value is -0.301. The largest absolute Gasteiger partial charge is 2.00 e. The van der Waals surface area contributed by atoms with Gasteiger partial charge < -0.3 is 5.32 Å². The van der Waals surface area contributed by atoms with Crippen molar-refractivity contribution in [3.63, 3.8) is 0 Å². The molecule has 1 nitrogen and oxygen atoms in total. The summed E-state index contributed by atoms with van der Waals surface area (Å²) in [5.41, 5.74) is 1.31. The van der Waals surface area contributed by atoms with Gasteiger partial charge in [0.25, 0.3) is 0 Å². The van der Waals surface area contributed by atoms with Gasteiger partial charge in [-0.05, 0) is 63.4 Å². The molecule has 2 aliphatic carbocycles. The van der Waals surface area contributed by atoms with Crippen molar-refractivity contribution in [2.24, 2.45) is 0 Å². The Morgan fingerprint density at radius 3 is 1.74 bits per heavy atom. The molecule has 0 bridgehead atoms. The minimum Gasteiger partial charge on any atom is -0.305 e. The fourth-order valence-corrected chi connectivity index (χ4v) is 1.61. The van der Waals surface area contributed by atoms with Crippen LogP contribution in [-0.2, 0) is 23.6 Å². The third-order valence-corrected chi connectivity index (χ3v) is 2.56. The summed E-state index contributed by atoms with van der Waals surface area (Å²) in [6, 6.07) is 11.6. The first-order valence-electron chi connectivity index (χ1n) is 6.11. The monoisotopic (exact) mass is 291 g/mol. The summed E-state index contributed by atoms with van der Waals surface area (Å²) in [4.78, 5) is 0. The van der Waals surface area contributed by atoms with Crippen molar-refractivity contribution in [3.05, 3.63) is 99.7 Å². The molecule has 0 unspecified atom stereocenters. The Bertz CT molecular complexity index is 295. The minimum atomic E-state index is 0. The summed E-state index contributed by atoms with van der Waals surface area (Å²) in [7, 11) is 0. The molecule has 0 heterocycles. The zero-order valence-electron chi connectivity index (χ0n) is 10.6. The molecule has 3 rings (SSSR count). The maximum atomic E-state index is 3.34. The van der Waals surface area contributed by atoms with Crippen LogP contribution in [0.4, 0.5) is 0 Å². The van der Waals surface area contributed by atoms with E-state index in [0.29, 0.717) is 0 Å². The molecule has 0 spiro atoms. The summed E-state index contributed by atoms with van der Waals surface area (Å²) in [6.07, 6.45) is 18.2. The second-order valence-corrected chi connectivity index (χ2v) is 3.97. The van der Waals surface area contributed by atoms with E-state index in [4.69, 9.17) is 0 Å². The van der Waals surface area contributed by atoms with Gasteiger partial charge in [0.1, 0.15) is 0 Å². The van der Waals surface area contributed by atoms with Gasteiger partial charge in [0.15, 0.2) is 0 Å². The standard InChI is InChI=1S/C12H12N.C5H5.Fe/c1-2-6-11(7-3-1)10-13-12-8-4-5-9-12;1-2-4-5-3-1;/h1-9,13H,10H2;1-5H;/q;;+2. The van der Waals surface area contributed by atoms with Crippen LogP contribution in [0.1, 0.15) is 5.56 Å². The third-order valence-electron chi connectivity index (χ3n) is 2.56. The Balaban J connectivity index is 0.000000256. The number of nitrogens with one attached hydrogen (secondary N) is 1. The molecule has 0 amide bonds. The molecule has 2 fully saturated rings. The van der Waals surface area contributed by atoms with E-state index in [9.17, 15) is 0 Å². The number of benzene rings is 1. The smallest absolute Gasteiger partial charge is 0.305 e. The van der Waals surface area contributed by atoms with Crippen LogP contribution in [0.15, 0.2) is 30.3 Å². The number of hydrogen-bond acceptors (Lipinski definition) is 1. The Morgan fingerprint density at radius 2 is 1.21 bits per heavy atom. The van der Waals surface area contributed by atoms with Crippen LogP contribution in [0.2, 0.25) is 0 Å². The zero-order chi connectivity index (χ0) is 12.5. The van der Waals surface area contributed by atoms with Crippen molar-refractivity contribution in [1.29, 1.82) is 0 Å². The Labute approximate surface area is 129 Å². The molecule has 2 saturated carbocycles. The topological polar surface area (TPSA) is 12.0 Å². The van der Waals surface area contributed by atoms with Crippen LogP contribution in [0.25, 0.3) is 0 Å². The molecule has 1 aromatic carbocycles. The van der Waals surface area contributed by atoms with Crippen molar-refractivity contribution in [3.8, 4) is 0 Å². The summed E-state index contributed by atoms with van der Waals surface area (Å²) >= 11 is 0. The van der Waals surface area contributed by atoms with Crippen molar-refractivity contribution in [2.45, 2.75) is 6.54 Å². The van der Waals surface area contributed by atoms with Gasteiger partial charge in [-0.15, -0.1) is 0 Å². The van der Waals surface area contributed by atoms with Crippen LogP contribution >= 0.6 is 0 Å². The van der Waals surface area contributed by atoms with Crippen molar-refractivity contribution < 1.29 is 17.1 Å². The minimum absolute atomic E-state index is 0. The number of hydrogen-bond donors (Lipinski definition) is 1. The second-order valence-electron chi connectivity index (χ2n) is 3.97. The van der Waals surface area contributed by atoms with Crippen LogP contribution in [0, 0.1) is 63.8 Å². The van der Waals surface area contributed by atoms with Crippen molar-refractivity contribution in [1.82, 2.24) is 5.32 Å². The van der Waals surface area contributed by atoms with Gasteiger partial charge in [0.05, 0.1) is 0 Å². The van der Waals surface area contributed by atoms with Crippen LogP contribution < -0.4 is 5.32 Å². The van der Waals surface area contributed by atoms with Crippen molar-refractivity contribution in [2.75, 3.05) is 0 Å². The average molecular weight is 291 g/mol. The van der Waals surface area contributed by atoms with Gasteiger partial charge in [-0.25, -0.2) is 0 Å². The maximum Gasteiger partial charge on any atom is 2.00 e. The van der Waals surface area contributed by atoms with Gasteiger partial charge in [-0.2, -0.15) is 0 Å². The predicted octanol–water partition coefficient (Wildman–Crippen LogP) is 3.16.